The Bertz CT molecular complexity index is 220. The van der Waals surface area contributed by atoms with Crippen molar-refractivity contribution in [2.75, 3.05) is 0 Å². The number of hydrogen-bond donors (Lipinski definition) is 1. The van der Waals surface area contributed by atoms with E-state index in [-0.39, 0.29) is 11.1 Å². The van der Waals surface area contributed by atoms with Crippen LogP contribution < -0.4 is 5.32 Å². The molecule has 0 amide bonds. The summed E-state index contributed by atoms with van der Waals surface area (Å²) in [6.45, 7) is 10.7. The van der Waals surface area contributed by atoms with E-state index >= 15 is 0 Å². The Labute approximate surface area is 81.1 Å². The van der Waals surface area contributed by atoms with E-state index in [2.05, 4.69) is 39.9 Å². The molecule has 1 rings (SSSR count). The van der Waals surface area contributed by atoms with Crippen molar-refractivity contribution in [1.29, 1.82) is 0 Å². The molecule has 1 N–H and O–H groups in total. The highest BCUT2D eigenvalue weighted by molar-refractivity contribution is 5.81. The highest BCUT2D eigenvalue weighted by atomic mass is 16.1. The molecule has 0 spiro atoms. The maximum atomic E-state index is 11.6. The van der Waals surface area contributed by atoms with Gasteiger partial charge in [-0.25, -0.2) is 0 Å². The molecule has 1 atom stereocenters. The average Bonchev–Trinajstić information content (AvgIpc) is 1.79. The summed E-state index contributed by atoms with van der Waals surface area (Å²) in [5, 5.41) is 3.58. The summed E-state index contributed by atoms with van der Waals surface area (Å²) in [7, 11) is 0. The molecule has 0 bridgehead atoms. The van der Waals surface area contributed by atoms with Gasteiger partial charge < -0.3 is 5.32 Å². The average molecular weight is 183 g/mol. The Kier molecular flexibility index (Phi) is 2.54. The van der Waals surface area contributed by atoms with Crippen molar-refractivity contribution >= 4 is 5.78 Å². The molecule has 0 aromatic carbocycles. The first-order valence-corrected chi connectivity index (χ1v) is 5.06. The maximum Gasteiger partial charge on any atom is 0.136 e. The summed E-state index contributed by atoms with van der Waals surface area (Å²) in [5.41, 5.74) is -0.0484. The Balaban J connectivity index is 2.84. The zero-order valence-corrected chi connectivity index (χ0v) is 9.40. The smallest absolute Gasteiger partial charge is 0.136 e. The van der Waals surface area contributed by atoms with Gasteiger partial charge in [-0.1, -0.05) is 13.8 Å². The molecular formula is C11H21NO. The van der Waals surface area contributed by atoms with E-state index in [1.165, 1.54) is 0 Å². The molecule has 1 unspecified atom stereocenters. The fourth-order valence-corrected chi connectivity index (χ4v) is 2.17. The zero-order chi connectivity index (χ0) is 10.3. The van der Waals surface area contributed by atoms with Crippen LogP contribution in [-0.4, -0.2) is 16.9 Å². The van der Waals surface area contributed by atoms with Gasteiger partial charge in [-0.05, 0) is 26.7 Å². The van der Waals surface area contributed by atoms with Crippen molar-refractivity contribution < 1.29 is 4.79 Å². The van der Waals surface area contributed by atoms with Crippen LogP contribution in [0, 0.1) is 5.92 Å². The van der Waals surface area contributed by atoms with Crippen LogP contribution in [0.3, 0.4) is 0 Å². The monoisotopic (exact) mass is 183 g/mol. The zero-order valence-electron chi connectivity index (χ0n) is 9.40. The Morgan fingerprint density at radius 2 is 1.77 bits per heavy atom. The van der Waals surface area contributed by atoms with Crippen LogP contribution in [0.2, 0.25) is 0 Å². The van der Waals surface area contributed by atoms with E-state index in [0.717, 1.165) is 0 Å². The predicted octanol–water partition coefficient (Wildman–Crippen LogP) is 2.13. The topological polar surface area (TPSA) is 29.1 Å². The second-order valence-corrected chi connectivity index (χ2v) is 5.47. The summed E-state index contributed by atoms with van der Waals surface area (Å²) >= 11 is 0. The molecule has 2 heteroatoms. The summed E-state index contributed by atoms with van der Waals surface area (Å²) in [6, 6.07) is 0. The number of Topliss-reactive ketones (excluding diaryl/α,β-unsaturated/α-hetero) is 1. The van der Waals surface area contributed by atoms with Crippen LogP contribution in [-0.2, 0) is 4.79 Å². The molecule has 1 saturated heterocycles. The Hall–Kier alpha value is -0.370. The van der Waals surface area contributed by atoms with Crippen LogP contribution in [0.1, 0.15) is 47.5 Å². The molecule has 1 heterocycles. The molecule has 1 aliphatic rings. The van der Waals surface area contributed by atoms with Crippen LogP contribution in [0.4, 0.5) is 0 Å². The molecule has 0 aliphatic carbocycles. The summed E-state index contributed by atoms with van der Waals surface area (Å²) < 4.78 is 0. The first kappa shape index (κ1) is 10.7. The van der Waals surface area contributed by atoms with Crippen LogP contribution in [0.5, 0.6) is 0 Å². The van der Waals surface area contributed by atoms with Crippen LogP contribution in [0.25, 0.3) is 0 Å². The van der Waals surface area contributed by atoms with E-state index in [1.54, 1.807) is 0 Å². The molecule has 13 heavy (non-hydrogen) atoms. The number of piperidine rings is 1. The van der Waals surface area contributed by atoms with E-state index in [1.807, 2.05) is 0 Å². The standard InChI is InChI=1S/C11H21NO/c1-8(2)11(5)7-9(13)6-10(3,4)12-11/h8,12H,6-7H2,1-5H3. The molecule has 0 saturated carbocycles. The first-order chi connectivity index (χ1) is 5.75. The Morgan fingerprint density at radius 1 is 1.23 bits per heavy atom. The molecule has 0 aromatic rings. The van der Waals surface area contributed by atoms with Crippen molar-refractivity contribution in [2.24, 2.45) is 5.92 Å². The fourth-order valence-electron chi connectivity index (χ4n) is 2.17. The molecule has 0 radical (unpaired) electrons. The first-order valence-electron chi connectivity index (χ1n) is 5.06. The van der Waals surface area contributed by atoms with Gasteiger partial charge in [0.05, 0.1) is 0 Å². The van der Waals surface area contributed by atoms with E-state index in [9.17, 15) is 4.79 Å². The fraction of sp³-hybridized carbons (Fsp3) is 0.909. The predicted molar refractivity (Wildman–Crippen MR) is 54.7 cm³/mol. The largest absolute Gasteiger partial charge is 0.305 e. The highest BCUT2D eigenvalue weighted by Crippen LogP contribution is 2.31. The van der Waals surface area contributed by atoms with E-state index < -0.39 is 0 Å². The minimum Gasteiger partial charge on any atom is -0.305 e. The van der Waals surface area contributed by atoms with Crippen LogP contribution >= 0.6 is 0 Å². The number of carbonyl (C=O) groups excluding carboxylic acids is 1. The molecule has 76 valence electrons. The second kappa shape index (κ2) is 3.09. The van der Waals surface area contributed by atoms with Gasteiger partial charge in [-0.2, -0.15) is 0 Å². The highest BCUT2D eigenvalue weighted by Gasteiger charge is 2.41. The van der Waals surface area contributed by atoms with Gasteiger partial charge in [0.2, 0.25) is 0 Å². The number of hydrogen-bond acceptors (Lipinski definition) is 2. The second-order valence-electron chi connectivity index (χ2n) is 5.47. The third-order valence-corrected chi connectivity index (χ3v) is 3.10. The quantitative estimate of drug-likeness (QED) is 0.674. The lowest BCUT2D eigenvalue weighted by Gasteiger charge is -2.46. The molecule has 2 nitrogen and oxygen atoms in total. The van der Waals surface area contributed by atoms with Gasteiger partial charge in [0.15, 0.2) is 0 Å². The normalized spacial score (nSPS) is 33.8. The SMILES string of the molecule is CC(C)C1(C)CC(=O)CC(C)(C)N1. The van der Waals surface area contributed by atoms with Crippen molar-refractivity contribution in [2.45, 2.75) is 58.5 Å². The van der Waals surface area contributed by atoms with E-state index in [4.69, 9.17) is 0 Å². The molecule has 0 aromatic heterocycles. The van der Waals surface area contributed by atoms with Gasteiger partial charge in [0.25, 0.3) is 0 Å². The molecule has 1 fully saturated rings. The molecular weight excluding hydrogens is 162 g/mol. The number of rotatable bonds is 1. The van der Waals surface area contributed by atoms with E-state index in [0.29, 0.717) is 24.5 Å². The number of nitrogens with one attached hydrogen (secondary N) is 1. The maximum absolute atomic E-state index is 11.6. The van der Waals surface area contributed by atoms with Crippen LogP contribution in [0.15, 0.2) is 0 Å². The third-order valence-electron chi connectivity index (χ3n) is 3.10. The van der Waals surface area contributed by atoms with Gasteiger partial charge >= 0.3 is 0 Å². The van der Waals surface area contributed by atoms with Gasteiger partial charge in [-0.3, -0.25) is 4.79 Å². The molecule has 1 aliphatic heterocycles. The summed E-state index contributed by atoms with van der Waals surface area (Å²) in [4.78, 5) is 11.6. The Morgan fingerprint density at radius 3 is 2.15 bits per heavy atom. The summed E-state index contributed by atoms with van der Waals surface area (Å²) in [5.74, 6) is 0.885. The lowest BCUT2D eigenvalue weighted by molar-refractivity contribution is -0.125. The lowest BCUT2D eigenvalue weighted by Crippen LogP contribution is -2.61. The van der Waals surface area contributed by atoms with Gasteiger partial charge in [0.1, 0.15) is 5.78 Å². The van der Waals surface area contributed by atoms with Gasteiger partial charge in [-0.15, -0.1) is 0 Å². The van der Waals surface area contributed by atoms with Crippen molar-refractivity contribution in [1.82, 2.24) is 5.32 Å². The van der Waals surface area contributed by atoms with Crippen molar-refractivity contribution in [3.05, 3.63) is 0 Å². The van der Waals surface area contributed by atoms with Crippen molar-refractivity contribution in [3.63, 3.8) is 0 Å². The van der Waals surface area contributed by atoms with Gasteiger partial charge in [0, 0.05) is 23.9 Å². The third kappa shape index (κ3) is 2.31. The van der Waals surface area contributed by atoms with Crippen molar-refractivity contribution in [3.8, 4) is 0 Å². The lowest BCUT2D eigenvalue weighted by atomic mass is 9.75. The minimum absolute atomic E-state index is 0.0150. The number of ketones is 1. The minimum atomic E-state index is -0.0334. The number of carbonyl (C=O) groups is 1. The summed E-state index contributed by atoms with van der Waals surface area (Å²) in [6.07, 6.45) is 1.34.